The second-order valence-electron chi connectivity index (χ2n) is 16.7. The molecule has 0 fully saturated rings. The standard InChI is InChI=1S/C55H94O6/c1-4-7-10-13-16-19-22-25-27-29-30-33-36-39-42-45-48-54(57)60-51-52(50-59-53(56)47-44-41-38-35-32-24-21-18-15-12-9-6-3)61-55(58)49-46-43-40-37-34-31-28-26-23-20-17-14-11-8-5-2/h8-9,11-12,14,17-18,20-21,23,32,35,52H,4-7,10,13,15-16,19,22,24-31,33-34,36-51H2,1-3H3/b11-8-,12-9-,17-14-,21-18-,23-20-,35-32-. The van der Waals surface area contributed by atoms with Crippen LogP contribution in [0.25, 0.3) is 0 Å². The number of ether oxygens (including phenoxy) is 3. The number of hydrogen-bond donors (Lipinski definition) is 0. The Labute approximate surface area is 376 Å². The molecular formula is C55H94O6. The largest absolute Gasteiger partial charge is 0.462 e. The highest BCUT2D eigenvalue weighted by Crippen LogP contribution is 2.15. The second-order valence-corrected chi connectivity index (χ2v) is 16.7. The zero-order valence-electron chi connectivity index (χ0n) is 39.9. The number of esters is 3. The van der Waals surface area contributed by atoms with Crippen molar-refractivity contribution in [3.8, 4) is 0 Å². The van der Waals surface area contributed by atoms with Crippen molar-refractivity contribution >= 4 is 17.9 Å². The first-order chi connectivity index (χ1) is 30.0. The fraction of sp³-hybridized carbons (Fsp3) is 0.727. The number of allylic oxidation sites excluding steroid dienone is 12. The van der Waals surface area contributed by atoms with Crippen LogP contribution in [-0.4, -0.2) is 37.2 Å². The maximum Gasteiger partial charge on any atom is 0.306 e. The lowest BCUT2D eigenvalue weighted by Gasteiger charge is -2.18. The number of carbonyl (C=O) groups excluding carboxylic acids is 3. The van der Waals surface area contributed by atoms with Crippen LogP contribution in [0.2, 0.25) is 0 Å². The van der Waals surface area contributed by atoms with Crippen LogP contribution in [0.1, 0.15) is 239 Å². The number of carbonyl (C=O) groups is 3. The van der Waals surface area contributed by atoms with Crippen molar-refractivity contribution in [3.63, 3.8) is 0 Å². The van der Waals surface area contributed by atoms with Crippen LogP contribution in [0.4, 0.5) is 0 Å². The topological polar surface area (TPSA) is 78.9 Å². The van der Waals surface area contributed by atoms with E-state index < -0.39 is 6.10 Å². The Kier molecular flexibility index (Phi) is 46.9. The van der Waals surface area contributed by atoms with E-state index in [1.807, 2.05) is 0 Å². The van der Waals surface area contributed by atoms with Crippen molar-refractivity contribution in [1.82, 2.24) is 0 Å². The summed E-state index contributed by atoms with van der Waals surface area (Å²) in [5.74, 6) is -0.942. The molecule has 0 aliphatic heterocycles. The molecule has 0 saturated carbocycles. The third-order valence-electron chi connectivity index (χ3n) is 10.8. The second kappa shape index (κ2) is 49.5. The first-order valence-corrected chi connectivity index (χ1v) is 25.5. The first kappa shape index (κ1) is 57.9. The van der Waals surface area contributed by atoms with Gasteiger partial charge in [0.15, 0.2) is 6.10 Å². The summed E-state index contributed by atoms with van der Waals surface area (Å²) in [6, 6.07) is 0. The summed E-state index contributed by atoms with van der Waals surface area (Å²) >= 11 is 0. The van der Waals surface area contributed by atoms with E-state index in [1.54, 1.807) is 0 Å². The van der Waals surface area contributed by atoms with E-state index in [2.05, 4.69) is 93.7 Å². The van der Waals surface area contributed by atoms with Gasteiger partial charge in [0.25, 0.3) is 0 Å². The Bertz CT molecular complexity index is 1160. The zero-order chi connectivity index (χ0) is 44.4. The van der Waals surface area contributed by atoms with Crippen LogP contribution in [0.15, 0.2) is 72.9 Å². The highest BCUT2D eigenvalue weighted by atomic mass is 16.6. The fourth-order valence-electron chi connectivity index (χ4n) is 6.99. The van der Waals surface area contributed by atoms with Gasteiger partial charge in [0.05, 0.1) is 0 Å². The fourth-order valence-corrected chi connectivity index (χ4v) is 6.99. The van der Waals surface area contributed by atoms with E-state index >= 15 is 0 Å². The molecule has 0 aliphatic carbocycles. The molecule has 0 aromatic carbocycles. The normalized spacial score (nSPS) is 12.6. The molecule has 61 heavy (non-hydrogen) atoms. The molecule has 0 rings (SSSR count). The van der Waals surface area contributed by atoms with Crippen LogP contribution < -0.4 is 0 Å². The van der Waals surface area contributed by atoms with Crippen molar-refractivity contribution in [1.29, 1.82) is 0 Å². The van der Waals surface area contributed by atoms with Crippen LogP contribution in [0.3, 0.4) is 0 Å². The van der Waals surface area contributed by atoms with E-state index in [0.717, 1.165) is 89.9 Å². The minimum absolute atomic E-state index is 0.0910. The minimum Gasteiger partial charge on any atom is -0.462 e. The van der Waals surface area contributed by atoms with Gasteiger partial charge in [0.1, 0.15) is 13.2 Å². The van der Waals surface area contributed by atoms with E-state index in [9.17, 15) is 14.4 Å². The molecule has 0 amide bonds. The molecule has 350 valence electrons. The lowest BCUT2D eigenvalue weighted by atomic mass is 10.0. The Balaban J connectivity index is 4.41. The van der Waals surface area contributed by atoms with E-state index in [4.69, 9.17) is 14.2 Å². The van der Waals surface area contributed by atoms with Crippen molar-refractivity contribution in [3.05, 3.63) is 72.9 Å². The highest BCUT2D eigenvalue weighted by Gasteiger charge is 2.19. The molecule has 0 radical (unpaired) electrons. The van der Waals surface area contributed by atoms with Crippen molar-refractivity contribution < 1.29 is 28.6 Å². The van der Waals surface area contributed by atoms with E-state index in [-0.39, 0.29) is 31.1 Å². The predicted molar refractivity (Wildman–Crippen MR) is 261 cm³/mol. The van der Waals surface area contributed by atoms with Crippen LogP contribution in [0.5, 0.6) is 0 Å². The van der Waals surface area contributed by atoms with Crippen LogP contribution in [-0.2, 0) is 28.6 Å². The molecule has 0 spiro atoms. The van der Waals surface area contributed by atoms with Crippen molar-refractivity contribution in [2.45, 2.75) is 245 Å². The summed E-state index contributed by atoms with van der Waals surface area (Å²) in [7, 11) is 0. The third-order valence-corrected chi connectivity index (χ3v) is 10.8. The molecule has 0 heterocycles. The highest BCUT2D eigenvalue weighted by molar-refractivity contribution is 5.71. The van der Waals surface area contributed by atoms with E-state index in [0.29, 0.717) is 19.3 Å². The van der Waals surface area contributed by atoms with Crippen LogP contribution in [0, 0.1) is 0 Å². The summed E-state index contributed by atoms with van der Waals surface area (Å²) in [5.41, 5.74) is 0. The van der Waals surface area contributed by atoms with Gasteiger partial charge in [-0.15, -0.1) is 0 Å². The SMILES string of the molecule is CC\C=C/C=C\C=C/CCCCCCCCCC(=O)OC(COC(=O)CCCC/C=C\C/C=C\C/C=C\CC)COC(=O)CCCCCCCCCCCCCCCCCC. The molecule has 6 nitrogen and oxygen atoms in total. The smallest absolute Gasteiger partial charge is 0.306 e. The Morgan fingerprint density at radius 2 is 0.721 bits per heavy atom. The molecule has 0 aromatic rings. The molecular weight excluding hydrogens is 757 g/mol. The van der Waals surface area contributed by atoms with Gasteiger partial charge in [0, 0.05) is 19.3 Å². The molecule has 6 heteroatoms. The van der Waals surface area contributed by atoms with Gasteiger partial charge in [-0.05, 0) is 70.6 Å². The van der Waals surface area contributed by atoms with Gasteiger partial charge in [0.2, 0.25) is 0 Å². The maximum absolute atomic E-state index is 12.8. The molecule has 0 bridgehead atoms. The number of unbranched alkanes of at least 4 members (excludes halogenated alkanes) is 24. The number of rotatable bonds is 45. The molecule has 1 unspecified atom stereocenters. The maximum atomic E-state index is 12.8. The molecule has 0 aromatic heterocycles. The summed E-state index contributed by atoms with van der Waals surface area (Å²) in [6.07, 6.45) is 61.8. The van der Waals surface area contributed by atoms with Crippen molar-refractivity contribution in [2.24, 2.45) is 0 Å². The number of hydrogen-bond acceptors (Lipinski definition) is 6. The van der Waals surface area contributed by atoms with Crippen molar-refractivity contribution in [2.75, 3.05) is 13.2 Å². The molecule has 1 atom stereocenters. The monoisotopic (exact) mass is 851 g/mol. The summed E-state index contributed by atoms with van der Waals surface area (Å²) in [6.45, 7) is 6.35. The lowest BCUT2D eigenvalue weighted by molar-refractivity contribution is -0.167. The van der Waals surface area contributed by atoms with Gasteiger partial charge < -0.3 is 14.2 Å². The average Bonchev–Trinajstić information content (AvgIpc) is 3.26. The summed E-state index contributed by atoms with van der Waals surface area (Å²) < 4.78 is 16.7. The summed E-state index contributed by atoms with van der Waals surface area (Å²) in [5, 5.41) is 0. The molecule has 0 saturated heterocycles. The molecule has 0 aliphatic rings. The predicted octanol–water partition coefficient (Wildman–Crippen LogP) is 16.6. The first-order valence-electron chi connectivity index (χ1n) is 25.5. The zero-order valence-corrected chi connectivity index (χ0v) is 39.9. The van der Waals surface area contributed by atoms with Gasteiger partial charge in [-0.3, -0.25) is 14.4 Å². The Hall–Kier alpha value is -3.15. The van der Waals surface area contributed by atoms with Gasteiger partial charge >= 0.3 is 17.9 Å². The van der Waals surface area contributed by atoms with Gasteiger partial charge in [-0.1, -0.05) is 222 Å². The quantitative estimate of drug-likeness (QED) is 0.0200. The Morgan fingerprint density at radius 1 is 0.361 bits per heavy atom. The average molecular weight is 851 g/mol. The summed E-state index contributed by atoms with van der Waals surface area (Å²) in [4.78, 5) is 37.9. The molecule has 0 N–H and O–H groups in total. The lowest BCUT2D eigenvalue weighted by Crippen LogP contribution is -2.30. The third kappa shape index (κ3) is 47.7. The van der Waals surface area contributed by atoms with E-state index in [1.165, 1.54) is 109 Å². The minimum atomic E-state index is -0.794. The van der Waals surface area contributed by atoms with Gasteiger partial charge in [-0.2, -0.15) is 0 Å². The van der Waals surface area contributed by atoms with Gasteiger partial charge in [-0.25, -0.2) is 0 Å². The Morgan fingerprint density at radius 3 is 1.21 bits per heavy atom. The van der Waals surface area contributed by atoms with Crippen LogP contribution >= 0.6 is 0 Å².